The standard InChI is InChI=1S/C14H17N3OS/c15-7-4-8-17(10-12-5-2-1-3-6-12)14(18)13-9-16-11-19-13/h1-3,5-6,9,11H,4,7-8,10,15H2. The molecule has 0 radical (unpaired) electrons. The molecule has 100 valence electrons. The first-order valence-corrected chi connectivity index (χ1v) is 7.11. The van der Waals surface area contributed by atoms with Crippen LogP contribution in [-0.4, -0.2) is 28.9 Å². The van der Waals surface area contributed by atoms with Gasteiger partial charge in [-0.3, -0.25) is 9.78 Å². The van der Waals surface area contributed by atoms with Gasteiger partial charge in [-0.05, 0) is 18.5 Å². The molecule has 0 aliphatic carbocycles. The molecule has 1 aromatic heterocycles. The molecule has 0 saturated heterocycles. The van der Waals surface area contributed by atoms with E-state index >= 15 is 0 Å². The highest BCUT2D eigenvalue weighted by molar-refractivity contribution is 7.11. The van der Waals surface area contributed by atoms with Crippen LogP contribution in [0.2, 0.25) is 0 Å². The predicted molar refractivity (Wildman–Crippen MR) is 77.0 cm³/mol. The van der Waals surface area contributed by atoms with E-state index in [2.05, 4.69) is 4.98 Å². The average molecular weight is 275 g/mol. The Labute approximate surface area is 116 Å². The molecular formula is C14H17N3OS. The molecule has 0 bridgehead atoms. The fraction of sp³-hybridized carbons (Fsp3) is 0.286. The molecule has 0 atom stereocenters. The average Bonchev–Trinajstić information content (AvgIpc) is 2.98. The van der Waals surface area contributed by atoms with E-state index in [4.69, 9.17) is 5.73 Å². The van der Waals surface area contributed by atoms with E-state index in [-0.39, 0.29) is 5.91 Å². The van der Waals surface area contributed by atoms with Crippen LogP contribution in [0.3, 0.4) is 0 Å². The molecule has 0 saturated carbocycles. The zero-order valence-corrected chi connectivity index (χ0v) is 11.5. The van der Waals surface area contributed by atoms with Crippen LogP contribution in [0.4, 0.5) is 0 Å². The number of thiazole rings is 1. The van der Waals surface area contributed by atoms with Gasteiger partial charge in [0.1, 0.15) is 4.88 Å². The summed E-state index contributed by atoms with van der Waals surface area (Å²) >= 11 is 1.37. The Balaban J connectivity index is 2.09. The van der Waals surface area contributed by atoms with E-state index in [1.807, 2.05) is 35.2 Å². The summed E-state index contributed by atoms with van der Waals surface area (Å²) in [5.41, 5.74) is 8.34. The van der Waals surface area contributed by atoms with Gasteiger partial charge in [-0.25, -0.2) is 0 Å². The number of benzene rings is 1. The minimum Gasteiger partial charge on any atom is -0.334 e. The van der Waals surface area contributed by atoms with Gasteiger partial charge in [-0.1, -0.05) is 30.3 Å². The SMILES string of the molecule is NCCCN(Cc1ccccc1)C(=O)c1cncs1. The molecule has 5 heteroatoms. The number of nitrogens with two attached hydrogens (primary N) is 1. The van der Waals surface area contributed by atoms with Crippen molar-refractivity contribution in [2.45, 2.75) is 13.0 Å². The second-order valence-electron chi connectivity index (χ2n) is 4.22. The first kappa shape index (κ1) is 13.7. The van der Waals surface area contributed by atoms with Crippen LogP contribution in [0.1, 0.15) is 21.7 Å². The first-order chi connectivity index (χ1) is 9.31. The van der Waals surface area contributed by atoms with Crippen molar-refractivity contribution in [2.24, 2.45) is 5.73 Å². The number of hydrogen-bond donors (Lipinski definition) is 1. The lowest BCUT2D eigenvalue weighted by molar-refractivity contribution is 0.0747. The molecule has 0 spiro atoms. The minimum atomic E-state index is 0.0276. The smallest absolute Gasteiger partial charge is 0.265 e. The molecule has 2 N–H and O–H groups in total. The lowest BCUT2D eigenvalue weighted by atomic mass is 10.2. The van der Waals surface area contributed by atoms with Crippen LogP contribution in [-0.2, 0) is 6.54 Å². The Morgan fingerprint density at radius 1 is 1.32 bits per heavy atom. The number of nitrogens with zero attached hydrogens (tertiary/aromatic N) is 2. The summed E-state index contributed by atoms with van der Waals surface area (Å²) in [5, 5.41) is 0. The van der Waals surface area contributed by atoms with Crippen molar-refractivity contribution in [1.82, 2.24) is 9.88 Å². The van der Waals surface area contributed by atoms with Gasteiger partial charge < -0.3 is 10.6 Å². The second-order valence-corrected chi connectivity index (χ2v) is 5.11. The lowest BCUT2D eigenvalue weighted by Gasteiger charge is -2.21. The van der Waals surface area contributed by atoms with Crippen molar-refractivity contribution in [1.29, 1.82) is 0 Å². The van der Waals surface area contributed by atoms with Crippen LogP contribution in [0.5, 0.6) is 0 Å². The second kappa shape index (κ2) is 7.01. The maximum atomic E-state index is 12.4. The summed E-state index contributed by atoms with van der Waals surface area (Å²) in [6.07, 6.45) is 2.42. The third-order valence-electron chi connectivity index (χ3n) is 2.78. The van der Waals surface area contributed by atoms with Gasteiger partial charge in [0.25, 0.3) is 5.91 Å². The normalized spacial score (nSPS) is 10.4. The van der Waals surface area contributed by atoms with Crippen LogP contribution >= 0.6 is 11.3 Å². The largest absolute Gasteiger partial charge is 0.334 e. The minimum absolute atomic E-state index is 0.0276. The number of rotatable bonds is 6. The monoisotopic (exact) mass is 275 g/mol. The Kier molecular flexibility index (Phi) is 5.06. The summed E-state index contributed by atoms with van der Waals surface area (Å²) in [6.45, 7) is 1.86. The summed E-state index contributed by atoms with van der Waals surface area (Å²) in [6, 6.07) is 9.98. The molecule has 2 rings (SSSR count). The molecule has 0 fully saturated rings. The Hall–Kier alpha value is -1.72. The van der Waals surface area contributed by atoms with Gasteiger partial charge in [-0.2, -0.15) is 0 Å². The van der Waals surface area contributed by atoms with Gasteiger partial charge in [0.05, 0.1) is 11.7 Å². The van der Waals surface area contributed by atoms with E-state index in [9.17, 15) is 4.79 Å². The molecule has 2 aromatic rings. The van der Waals surface area contributed by atoms with Crippen LogP contribution in [0, 0.1) is 0 Å². The van der Waals surface area contributed by atoms with Crippen molar-refractivity contribution >= 4 is 17.2 Å². The Morgan fingerprint density at radius 3 is 2.74 bits per heavy atom. The summed E-state index contributed by atoms with van der Waals surface area (Å²) in [7, 11) is 0. The highest BCUT2D eigenvalue weighted by Gasteiger charge is 2.16. The van der Waals surface area contributed by atoms with Gasteiger partial charge in [0, 0.05) is 13.1 Å². The summed E-state index contributed by atoms with van der Waals surface area (Å²) in [4.78, 5) is 18.8. The molecule has 1 heterocycles. The zero-order valence-electron chi connectivity index (χ0n) is 10.7. The number of carbonyl (C=O) groups is 1. The van der Waals surface area contributed by atoms with Crippen molar-refractivity contribution in [3.8, 4) is 0 Å². The topological polar surface area (TPSA) is 59.2 Å². The third-order valence-corrected chi connectivity index (χ3v) is 3.54. The van der Waals surface area contributed by atoms with Gasteiger partial charge in [0.15, 0.2) is 0 Å². The van der Waals surface area contributed by atoms with Crippen molar-refractivity contribution in [3.63, 3.8) is 0 Å². The van der Waals surface area contributed by atoms with Crippen LogP contribution in [0.25, 0.3) is 0 Å². The third kappa shape index (κ3) is 3.87. The highest BCUT2D eigenvalue weighted by Crippen LogP contribution is 2.13. The zero-order chi connectivity index (χ0) is 13.5. The van der Waals surface area contributed by atoms with E-state index in [1.54, 1.807) is 11.7 Å². The number of hydrogen-bond acceptors (Lipinski definition) is 4. The fourth-order valence-corrected chi connectivity index (χ4v) is 2.40. The summed E-state index contributed by atoms with van der Waals surface area (Å²) in [5.74, 6) is 0.0276. The summed E-state index contributed by atoms with van der Waals surface area (Å²) < 4.78 is 0. The molecule has 0 unspecified atom stereocenters. The molecule has 1 aromatic carbocycles. The fourth-order valence-electron chi connectivity index (χ4n) is 1.82. The van der Waals surface area contributed by atoms with Gasteiger partial charge in [-0.15, -0.1) is 11.3 Å². The Bertz CT molecular complexity index is 499. The van der Waals surface area contributed by atoms with Gasteiger partial charge in [0.2, 0.25) is 0 Å². The molecule has 4 nitrogen and oxygen atoms in total. The number of aromatic nitrogens is 1. The lowest BCUT2D eigenvalue weighted by Crippen LogP contribution is -2.32. The number of carbonyl (C=O) groups excluding carboxylic acids is 1. The number of amides is 1. The van der Waals surface area contributed by atoms with Gasteiger partial charge >= 0.3 is 0 Å². The van der Waals surface area contributed by atoms with Crippen molar-refractivity contribution in [3.05, 3.63) is 52.5 Å². The van der Waals surface area contributed by atoms with Crippen LogP contribution < -0.4 is 5.73 Å². The molecule has 1 amide bonds. The Morgan fingerprint density at radius 2 is 2.11 bits per heavy atom. The van der Waals surface area contributed by atoms with Crippen molar-refractivity contribution < 1.29 is 4.79 Å². The quantitative estimate of drug-likeness (QED) is 0.878. The van der Waals surface area contributed by atoms with E-state index in [1.165, 1.54) is 11.3 Å². The molecule has 0 aliphatic rings. The maximum Gasteiger partial charge on any atom is 0.265 e. The van der Waals surface area contributed by atoms with Crippen molar-refractivity contribution in [2.75, 3.05) is 13.1 Å². The first-order valence-electron chi connectivity index (χ1n) is 6.23. The molecule has 0 aliphatic heterocycles. The van der Waals surface area contributed by atoms with E-state index in [0.29, 0.717) is 24.5 Å². The van der Waals surface area contributed by atoms with E-state index in [0.717, 1.165) is 12.0 Å². The maximum absolute atomic E-state index is 12.4. The van der Waals surface area contributed by atoms with Crippen LogP contribution in [0.15, 0.2) is 42.0 Å². The molecular weight excluding hydrogens is 258 g/mol. The highest BCUT2D eigenvalue weighted by atomic mass is 32.1. The predicted octanol–water partition coefficient (Wildman–Crippen LogP) is 2.13. The van der Waals surface area contributed by atoms with E-state index < -0.39 is 0 Å². The molecule has 19 heavy (non-hydrogen) atoms.